The molecule has 240 valence electrons. The standard InChI is InChI=1S/C39H34N4O4S/c44-24-26-12-14-28(15-13-26)36-21-31(25-48-37-11-5-6-20-40-37)46-39(47-36)29-18-16-27(17-19-29)32-8-2-1-7-30(32)22-42-38(45)35-23-41-33-9-3-4-10-34(33)43-35/h1-20,23,31,36,39,44H,21-22,24-25H2,(H,42,45)/t31-,36+,39+/m0/s1. The van der Waals surface area contributed by atoms with Gasteiger partial charge in [-0.1, -0.05) is 91.0 Å². The molecular weight excluding hydrogens is 621 g/mol. The zero-order chi connectivity index (χ0) is 32.7. The van der Waals surface area contributed by atoms with Crippen LogP contribution in [-0.4, -0.2) is 37.8 Å². The van der Waals surface area contributed by atoms with Gasteiger partial charge >= 0.3 is 0 Å². The van der Waals surface area contributed by atoms with Crippen molar-refractivity contribution in [2.24, 2.45) is 0 Å². The van der Waals surface area contributed by atoms with Gasteiger partial charge in [0, 0.05) is 30.5 Å². The first-order chi connectivity index (χ1) is 23.6. The summed E-state index contributed by atoms with van der Waals surface area (Å²) in [6.45, 7) is 0.342. The third kappa shape index (κ3) is 7.45. The summed E-state index contributed by atoms with van der Waals surface area (Å²) in [4.78, 5) is 26.3. The maximum absolute atomic E-state index is 13.0. The topological polar surface area (TPSA) is 106 Å². The van der Waals surface area contributed by atoms with Gasteiger partial charge in [-0.15, -0.1) is 11.8 Å². The summed E-state index contributed by atoms with van der Waals surface area (Å²) in [5.74, 6) is 0.464. The van der Waals surface area contributed by atoms with Crippen LogP contribution >= 0.6 is 11.8 Å². The molecule has 1 aliphatic rings. The van der Waals surface area contributed by atoms with Crippen LogP contribution in [0.25, 0.3) is 22.2 Å². The van der Waals surface area contributed by atoms with Crippen molar-refractivity contribution in [2.45, 2.75) is 43.1 Å². The van der Waals surface area contributed by atoms with E-state index in [9.17, 15) is 9.90 Å². The first kappa shape index (κ1) is 31.7. The van der Waals surface area contributed by atoms with Crippen molar-refractivity contribution >= 4 is 28.7 Å². The number of rotatable bonds is 10. The SMILES string of the molecule is O=C(NCc1ccccc1-c1ccc([C@@H]2O[C@H](CSc3ccccn3)C[C@H](c3ccc(CO)cc3)O2)cc1)c1cnc2ccccc2n1. The van der Waals surface area contributed by atoms with Gasteiger partial charge in [0.15, 0.2) is 6.29 Å². The van der Waals surface area contributed by atoms with E-state index in [0.29, 0.717) is 18.5 Å². The maximum atomic E-state index is 13.0. The number of carbonyl (C=O) groups is 1. The molecule has 8 nitrogen and oxygen atoms in total. The van der Waals surface area contributed by atoms with Crippen LogP contribution in [0.4, 0.5) is 0 Å². The number of hydrogen-bond donors (Lipinski definition) is 2. The minimum Gasteiger partial charge on any atom is -0.392 e. The van der Waals surface area contributed by atoms with Crippen molar-refractivity contribution in [3.05, 3.63) is 156 Å². The number of carbonyl (C=O) groups excluding carboxylic acids is 1. The van der Waals surface area contributed by atoms with Crippen molar-refractivity contribution in [1.29, 1.82) is 0 Å². The Morgan fingerprint density at radius 2 is 1.56 bits per heavy atom. The Balaban J connectivity index is 1.07. The van der Waals surface area contributed by atoms with Crippen molar-refractivity contribution < 1.29 is 19.4 Å². The lowest BCUT2D eigenvalue weighted by Crippen LogP contribution is -2.31. The number of benzene rings is 4. The van der Waals surface area contributed by atoms with Gasteiger partial charge in [0.05, 0.1) is 41.1 Å². The molecule has 0 bridgehead atoms. The van der Waals surface area contributed by atoms with E-state index in [2.05, 4.69) is 38.5 Å². The third-order valence-corrected chi connectivity index (χ3v) is 9.38. The van der Waals surface area contributed by atoms with Gasteiger partial charge in [0.2, 0.25) is 0 Å². The largest absolute Gasteiger partial charge is 0.392 e. The highest BCUT2D eigenvalue weighted by atomic mass is 32.2. The minimum absolute atomic E-state index is 0.00185. The number of aliphatic hydroxyl groups excluding tert-OH is 1. The number of aliphatic hydroxyl groups is 1. The molecule has 1 amide bonds. The molecular formula is C39H34N4O4S. The van der Waals surface area contributed by atoms with Crippen molar-refractivity contribution in [3.8, 4) is 11.1 Å². The summed E-state index contributed by atoms with van der Waals surface area (Å²) in [6, 6.07) is 37.5. The van der Waals surface area contributed by atoms with Crippen LogP contribution in [0, 0.1) is 0 Å². The molecule has 48 heavy (non-hydrogen) atoms. The van der Waals surface area contributed by atoms with Crippen LogP contribution < -0.4 is 5.32 Å². The monoisotopic (exact) mass is 654 g/mol. The normalized spacial score (nSPS) is 17.6. The molecule has 3 heterocycles. The second-order valence-electron chi connectivity index (χ2n) is 11.5. The number of thioether (sulfide) groups is 1. The Hall–Kier alpha value is -4.93. The molecule has 0 unspecified atom stereocenters. The first-order valence-corrected chi connectivity index (χ1v) is 16.8. The molecule has 1 aliphatic heterocycles. The van der Waals surface area contributed by atoms with E-state index in [1.807, 2.05) is 97.1 Å². The predicted molar refractivity (Wildman–Crippen MR) is 186 cm³/mol. The van der Waals surface area contributed by atoms with E-state index in [1.165, 1.54) is 6.20 Å². The highest BCUT2D eigenvalue weighted by Crippen LogP contribution is 2.40. The highest BCUT2D eigenvalue weighted by molar-refractivity contribution is 7.99. The molecule has 1 saturated heterocycles. The van der Waals surface area contributed by atoms with E-state index in [-0.39, 0.29) is 30.4 Å². The van der Waals surface area contributed by atoms with Gasteiger partial charge in [0.1, 0.15) is 5.69 Å². The quantitative estimate of drug-likeness (QED) is 0.147. The second kappa shape index (κ2) is 14.9. The number of amides is 1. The molecule has 0 saturated carbocycles. The fraction of sp³-hybridized carbons (Fsp3) is 0.179. The second-order valence-corrected chi connectivity index (χ2v) is 12.6. The number of para-hydroxylation sites is 2. The van der Waals surface area contributed by atoms with Crippen LogP contribution in [0.3, 0.4) is 0 Å². The Labute approximate surface area is 283 Å². The molecule has 2 aromatic heterocycles. The lowest BCUT2D eigenvalue weighted by Gasteiger charge is -2.36. The number of nitrogens with one attached hydrogen (secondary N) is 1. The van der Waals surface area contributed by atoms with E-state index >= 15 is 0 Å². The molecule has 4 aromatic carbocycles. The minimum atomic E-state index is -0.553. The van der Waals surface area contributed by atoms with Crippen molar-refractivity contribution in [1.82, 2.24) is 20.3 Å². The number of ether oxygens (including phenoxy) is 2. The van der Waals surface area contributed by atoms with Crippen LogP contribution in [0.15, 0.2) is 133 Å². The number of nitrogens with zero attached hydrogens (tertiary/aromatic N) is 3. The van der Waals surface area contributed by atoms with Crippen LogP contribution in [0.2, 0.25) is 0 Å². The molecule has 7 rings (SSSR count). The average molecular weight is 655 g/mol. The maximum Gasteiger partial charge on any atom is 0.271 e. The zero-order valence-electron chi connectivity index (χ0n) is 26.1. The molecule has 2 N–H and O–H groups in total. The van der Waals surface area contributed by atoms with E-state index in [0.717, 1.165) is 49.7 Å². The summed E-state index contributed by atoms with van der Waals surface area (Å²) in [5.41, 5.74) is 7.56. The predicted octanol–water partition coefficient (Wildman–Crippen LogP) is 7.45. The lowest BCUT2D eigenvalue weighted by atomic mass is 9.97. The smallest absolute Gasteiger partial charge is 0.271 e. The molecule has 0 spiro atoms. The fourth-order valence-corrected chi connectivity index (χ4v) is 6.62. The number of fused-ring (bicyclic) bond motifs is 1. The van der Waals surface area contributed by atoms with Crippen LogP contribution in [0.5, 0.6) is 0 Å². The van der Waals surface area contributed by atoms with Gasteiger partial charge in [-0.2, -0.15) is 0 Å². The van der Waals surface area contributed by atoms with E-state index < -0.39 is 6.29 Å². The molecule has 9 heteroatoms. The summed E-state index contributed by atoms with van der Waals surface area (Å²) < 4.78 is 13.1. The van der Waals surface area contributed by atoms with Gasteiger partial charge in [-0.3, -0.25) is 9.78 Å². The van der Waals surface area contributed by atoms with Crippen LogP contribution in [-0.2, 0) is 22.6 Å². The van der Waals surface area contributed by atoms with Crippen molar-refractivity contribution in [3.63, 3.8) is 0 Å². The Bertz CT molecular complexity index is 1990. The number of hydrogen-bond acceptors (Lipinski definition) is 8. The van der Waals surface area contributed by atoms with E-state index in [1.54, 1.807) is 18.0 Å². The van der Waals surface area contributed by atoms with Crippen molar-refractivity contribution in [2.75, 3.05) is 5.75 Å². The van der Waals surface area contributed by atoms with Gasteiger partial charge < -0.3 is 19.9 Å². The number of pyridine rings is 1. The van der Waals surface area contributed by atoms with Gasteiger partial charge in [0.25, 0.3) is 5.91 Å². The molecule has 6 aromatic rings. The fourth-order valence-electron chi connectivity index (χ4n) is 5.74. The molecule has 0 aliphatic carbocycles. The molecule has 3 atom stereocenters. The third-order valence-electron chi connectivity index (χ3n) is 8.30. The first-order valence-electron chi connectivity index (χ1n) is 15.9. The Kier molecular flexibility index (Phi) is 9.81. The molecule has 0 radical (unpaired) electrons. The number of aromatic nitrogens is 3. The summed E-state index contributed by atoms with van der Waals surface area (Å²) in [7, 11) is 0. The van der Waals surface area contributed by atoms with E-state index in [4.69, 9.17) is 9.47 Å². The highest BCUT2D eigenvalue weighted by Gasteiger charge is 2.32. The summed E-state index contributed by atoms with van der Waals surface area (Å²) in [5, 5.41) is 13.5. The summed E-state index contributed by atoms with van der Waals surface area (Å²) >= 11 is 1.67. The van der Waals surface area contributed by atoms with Gasteiger partial charge in [-0.25, -0.2) is 9.97 Å². The van der Waals surface area contributed by atoms with Crippen LogP contribution in [0.1, 0.15) is 51.6 Å². The van der Waals surface area contributed by atoms with Gasteiger partial charge in [-0.05, 0) is 52.1 Å². The Morgan fingerprint density at radius 3 is 2.35 bits per heavy atom. The molecule has 1 fully saturated rings. The average Bonchev–Trinajstić information content (AvgIpc) is 3.16. The summed E-state index contributed by atoms with van der Waals surface area (Å²) in [6.07, 6.45) is 3.23. The zero-order valence-corrected chi connectivity index (χ0v) is 26.9. The lowest BCUT2D eigenvalue weighted by molar-refractivity contribution is -0.245. The Morgan fingerprint density at radius 1 is 0.812 bits per heavy atom.